The quantitative estimate of drug-likeness (QED) is 0.387. The third-order valence-corrected chi connectivity index (χ3v) is 3.67. The zero-order chi connectivity index (χ0) is 18.7. The smallest absolute Gasteiger partial charge is 0.316 e. The maximum absolute atomic E-state index is 11.6. The molecule has 0 spiro atoms. The van der Waals surface area contributed by atoms with E-state index in [-0.39, 0.29) is 11.6 Å². The first-order chi connectivity index (χ1) is 12.5. The molecule has 0 amide bonds. The standard InChI is InChI=1S/C16H16N6O4/c1-22-11-8-17-16(20-13(11)19-14(23)15(22)24)21-18-7-9-4-5-10(25-2)6-12(9)26-3/h4-8H,1-3H3,(H2,17,19,20,21,23). The number of aromatic nitrogens is 4. The van der Waals surface area contributed by atoms with Crippen LogP contribution in [0, 0.1) is 0 Å². The van der Waals surface area contributed by atoms with Gasteiger partial charge < -0.3 is 19.0 Å². The fraction of sp³-hybridized carbons (Fsp3) is 0.188. The second kappa shape index (κ2) is 7.05. The Bertz CT molecular complexity index is 1100. The van der Waals surface area contributed by atoms with Crippen molar-refractivity contribution in [3.05, 3.63) is 50.7 Å². The summed E-state index contributed by atoms with van der Waals surface area (Å²) in [7, 11) is 4.60. The van der Waals surface area contributed by atoms with Gasteiger partial charge in [0.1, 0.15) is 17.0 Å². The molecule has 0 aliphatic carbocycles. The molecule has 134 valence electrons. The van der Waals surface area contributed by atoms with Crippen molar-refractivity contribution in [2.45, 2.75) is 0 Å². The minimum atomic E-state index is -0.754. The van der Waals surface area contributed by atoms with Crippen LogP contribution in [0.25, 0.3) is 11.2 Å². The fourth-order valence-corrected chi connectivity index (χ4v) is 2.27. The van der Waals surface area contributed by atoms with Gasteiger partial charge in [0.15, 0.2) is 5.65 Å². The number of benzene rings is 1. The first kappa shape index (κ1) is 17.1. The lowest BCUT2D eigenvalue weighted by atomic mass is 10.2. The normalized spacial score (nSPS) is 11.0. The lowest BCUT2D eigenvalue weighted by Crippen LogP contribution is -2.35. The number of rotatable bonds is 5. The van der Waals surface area contributed by atoms with E-state index in [0.29, 0.717) is 17.0 Å². The summed E-state index contributed by atoms with van der Waals surface area (Å²) in [6.07, 6.45) is 2.96. The molecule has 0 saturated heterocycles. The highest BCUT2D eigenvalue weighted by Crippen LogP contribution is 2.23. The van der Waals surface area contributed by atoms with E-state index in [1.165, 1.54) is 24.0 Å². The average Bonchev–Trinajstić information content (AvgIpc) is 2.66. The summed E-state index contributed by atoms with van der Waals surface area (Å²) in [6, 6.07) is 5.30. The zero-order valence-corrected chi connectivity index (χ0v) is 14.3. The van der Waals surface area contributed by atoms with Gasteiger partial charge >= 0.3 is 11.1 Å². The Balaban J connectivity index is 1.86. The number of hydrogen-bond acceptors (Lipinski definition) is 8. The Morgan fingerprint density at radius 2 is 2.08 bits per heavy atom. The van der Waals surface area contributed by atoms with Crippen LogP contribution < -0.4 is 26.0 Å². The molecule has 3 rings (SSSR count). The Labute approximate surface area is 147 Å². The number of fused-ring (bicyclic) bond motifs is 1. The molecule has 10 heteroatoms. The van der Waals surface area contributed by atoms with Crippen molar-refractivity contribution in [3.8, 4) is 11.5 Å². The van der Waals surface area contributed by atoms with Gasteiger partial charge in [0.25, 0.3) is 0 Å². The van der Waals surface area contributed by atoms with Crippen molar-refractivity contribution in [2.75, 3.05) is 19.6 Å². The predicted octanol–water partition coefficient (Wildman–Crippen LogP) is 0.480. The lowest BCUT2D eigenvalue weighted by molar-refractivity contribution is 0.394. The van der Waals surface area contributed by atoms with E-state index in [4.69, 9.17) is 9.47 Å². The van der Waals surface area contributed by atoms with Crippen LogP contribution in [0.3, 0.4) is 0 Å². The van der Waals surface area contributed by atoms with E-state index in [0.717, 1.165) is 5.56 Å². The number of ether oxygens (including phenoxy) is 2. The molecule has 0 aliphatic heterocycles. The highest BCUT2D eigenvalue weighted by molar-refractivity contribution is 5.84. The maximum Gasteiger partial charge on any atom is 0.316 e. The topological polar surface area (TPSA) is 123 Å². The molecule has 0 saturated carbocycles. The number of anilines is 1. The molecule has 2 N–H and O–H groups in total. The molecule has 0 aliphatic rings. The average molecular weight is 356 g/mol. The van der Waals surface area contributed by atoms with Crippen LogP contribution in [0.5, 0.6) is 11.5 Å². The second-order valence-corrected chi connectivity index (χ2v) is 5.22. The molecule has 0 atom stereocenters. The minimum absolute atomic E-state index is 0.163. The number of nitrogens with zero attached hydrogens (tertiary/aromatic N) is 4. The molecular weight excluding hydrogens is 340 g/mol. The third-order valence-electron chi connectivity index (χ3n) is 3.67. The summed E-state index contributed by atoms with van der Waals surface area (Å²) < 4.78 is 11.6. The van der Waals surface area contributed by atoms with Crippen LogP contribution in [0.4, 0.5) is 5.95 Å². The van der Waals surface area contributed by atoms with Gasteiger partial charge in [0.2, 0.25) is 5.95 Å². The molecule has 3 aromatic rings. The van der Waals surface area contributed by atoms with E-state index >= 15 is 0 Å². The van der Waals surface area contributed by atoms with Gasteiger partial charge in [0.05, 0.1) is 26.6 Å². The monoisotopic (exact) mass is 356 g/mol. The lowest BCUT2D eigenvalue weighted by Gasteiger charge is -2.07. The van der Waals surface area contributed by atoms with Gasteiger partial charge in [-0.1, -0.05) is 0 Å². The first-order valence-electron chi connectivity index (χ1n) is 7.50. The van der Waals surface area contributed by atoms with Crippen molar-refractivity contribution in [2.24, 2.45) is 12.1 Å². The molecule has 1 aromatic carbocycles. The van der Waals surface area contributed by atoms with Crippen molar-refractivity contribution < 1.29 is 9.47 Å². The number of aromatic amines is 1. The van der Waals surface area contributed by atoms with E-state index in [9.17, 15) is 9.59 Å². The van der Waals surface area contributed by atoms with E-state index in [2.05, 4.69) is 25.5 Å². The van der Waals surface area contributed by atoms with E-state index in [1.54, 1.807) is 32.4 Å². The molecular formula is C16H16N6O4. The molecule has 2 heterocycles. The molecule has 0 radical (unpaired) electrons. The number of methoxy groups -OCH3 is 2. The van der Waals surface area contributed by atoms with Crippen LogP contribution in [-0.2, 0) is 7.05 Å². The largest absolute Gasteiger partial charge is 0.497 e. The zero-order valence-electron chi connectivity index (χ0n) is 14.3. The minimum Gasteiger partial charge on any atom is -0.497 e. The summed E-state index contributed by atoms with van der Waals surface area (Å²) in [4.78, 5) is 33.8. The van der Waals surface area contributed by atoms with Crippen LogP contribution >= 0.6 is 0 Å². The molecule has 0 unspecified atom stereocenters. The van der Waals surface area contributed by atoms with Crippen molar-refractivity contribution in [1.82, 2.24) is 19.5 Å². The van der Waals surface area contributed by atoms with Gasteiger partial charge in [0, 0.05) is 18.7 Å². The number of hydrazone groups is 1. The first-order valence-corrected chi connectivity index (χ1v) is 7.50. The molecule has 0 fully saturated rings. The Kier molecular flexibility index (Phi) is 4.65. The SMILES string of the molecule is COc1ccc(C=NNc2ncc3c(n2)[nH]c(=O)c(=O)n3C)c(OC)c1. The summed E-state index contributed by atoms with van der Waals surface area (Å²) in [5.74, 6) is 1.42. The molecule has 2 aromatic heterocycles. The van der Waals surface area contributed by atoms with E-state index < -0.39 is 11.1 Å². The second-order valence-electron chi connectivity index (χ2n) is 5.22. The van der Waals surface area contributed by atoms with Crippen LogP contribution in [0.1, 0.15) is 5.56 Å². The summed E-state index contributed by atoms with van der Waals surface area (Å²) >= 11 is 0. The Morgan fingerprint density at radius 1 is 1.27 bits per heavy atom. The molecule has 0 bridgehead atoms. The summed E-state index contributed by atoms with van der Waals surface area (Å²) in [5.41, 5.74) is 2.59. The summed E-state index contributed by atoms with van der Waals surface area (Å²) in [6.45, 7) is 0. The van der Waals surface area contributed by atoms with Crippen LogP contribution in [-0.4, -0.2) is 40.0 Å². The predicted molar refractivity (Wildman–Crippen MR) is 96.2 cm³/mol. The van der Waals surface area contributed by atoms with Crippen molar-refractivity contribution in [1.29, 1.82) is 0 Å². The van der Waals surface area contributed by atoms with Gasteiger partial charge in [-0.25, -0.2) is 10.4 Å². The van der Waals surface area contributed by atoms with Gasteiger partial charge in [-0.2, -0.15) is 10.1 Å². The Hall–Kier alpha value is -3.69. The van der Waals surface area contributed by atoms with E-state index in [1.807, 2.05) is 0 Å². The fourth-order valence-electron chi connectivity index (χ4n) is 2.27. The van der Waals surface area contributed by atoms with Gasteiger partial charge in [-0.15, -0.1) is 0 Å². The Morgan fingerprint density at radius 3 is 2.81 bits per heavy atom. The number of aryl methyl sites for hydroxylation is 1. The third kappa shape index (κ3) is 3.24. The highest BCUT2D eigenvalue weighted by atomic mass is 16.5. The van der Waals surface area contributed by atoms with Gasteiger partial charge in [-0.05, 0) is 12.1 Å². The molecule has 26 heavy (non-hydrogen) atoms. The van der Waals surface area contributed by atoms with Crippen molar-refractivity contribution in [3.63, 3.8) is 0 Å². The number of hydrogen-bond donors (Lipinski definition) is 2. The van der Waals surface area contributed by atoms with Gasteiger partial charge in [-0.3, -0.25) is 9.59 Å². The maximum atomic E-state index is 11.6. The number of nitrogens with one attached hydrogen (secondary N) is 2. The summed E-state index contributed by atoms with van der Waals surface area (Å²) in [5, 5.41) is 4.06. The van der Waals surface area contributed by atoms with Crippen LogP contribution in [0.2, 0.25) is 0 Å². The highest BCUT2D eigenvalue weighted by Gasteiger charge is 2.07. The van der Waals surface area contributed by atoms with Crippen molar-refractivity contribution >= 4 is 23.3 Å². The number of H-pyrrole nitrogens is 1. The molecule has 10 nitrogen and oxygen atoms in total. The van der Waals surface area contributed by atoms with Crippen LogP contribution in [0.15, 0.2) is 39.1 Å².